The van der Waals surface area contributed by atoms with Crippen LogP contribution in [-0.2, 0) is 4.74 Å². The van der Waals surface area contributed by atoms with Crippen molar-refractivity contribution in [3.8, 4) is 22.6 Å². The Kier molecular flexibility index (Phi) is 6.31. The summed E-state index contributed by atoms with van der Waals surface area (Å²) in [4.78, 5) is 6.36. The second-order valence-electron chi connectivity index (χ2n) is 8.28. The molecule has 0 amide bonds. The van der Waals surface area contributed by atoms with Crippen molar-refractivity contribution in [2.24, 2.45) is 5.92 Å². The van der Waals surface area contributed by atoms with Gasteiger partial charge in [0, 0.05) is 42.3 Å². The van der Waals surface area contributed by atoms with E-state index in [1.54, 1.807) is 35.4 Å². The number of benzene rings is 1. The number of pyridine rings is 1. The number of rotatable bonds is 6. The van der Waals surface area contributed by atoms with Gasteiger partial charge >= 0.3 is 0 Å². The molecule has 0 spiro atoms. The molecular weight excluding hydrogens is 409 g/mol. The highest BCUT2D eigenvalue weighted by Gasteiger charge is 2.17. The van der Waals surface area contributed by atoms with Crippen LogP contribution in [0.25, 0.3) is 16.8 Å². The van der Waals surface area contributed by atoms with Crippen LogP contribution in [0, 0.1) is 11.7 Å². The van der Waals surface area contributed by atoms with E-state index in [4.69, 9.17) is 9.47 Å². The van der Waals surface area contributed by atoms with Crippen molar-refractivity contribution >= 4 is 5.69 Å². The number of aromatic nitrogens is 3. The van der Waals surface area contributed by atoms with Crippen LogP contribution in [0.2, 0.25) is 0 Å². The predicted octanol–water partition coefficient (Wildman–Crippen LogP) is 3.29. The third-order valence-electron chi connectivity index (χ3n) is 6.17. The quantitative estimate of drug-likeness (QED) is 0.639. The number of piperidine rings is 1. The van der Waals surface area contributed by atoms with Gasteiger partial charge in [0.25, 0.3) is 0 Å². The molecule has 2 aliphatic heterocycles. The summed E-state index contributed by atoms with van der Waals surface area (Å²) in [6.07, 6.45) is 9.29. The summed E-state index contributed by atoms with van der Waals surface area (Å²) in [6, 6.07) is 7.20. The lowest BCUT2D eigenvalue weighted by atomic mass is 9.99. The molecule has 7 nitrogen and oxygen atoms in total. The zero-order valence-electron chi connectivity index (χ0n) is 18.0. The molecule has 0 radical (unpaired) electrons. The normalized spacial score (nSPS) is 17.5. The Hall–Kier alpha value is -2.97. The zero-order chi connectivity index (χ0) is 21.8. The Morgan fingerprint density at radius 2 is 1.97 bits per heavy atom. The molecule has 168 valence electrons. The van der Waals surface area contributed by atoms with Gasteiger partial charge in [-0.1, -0.05) is 0 Å². The summed E-state index contributed by atoms with van der Waals surface area (Å²) in [5.41, 5.74) is 3.05. The highest BCUT2D eigenvalue weighted by Crippen LogP contribution is 2.31. The van der Waals surface area contributed by atoms with Gasteiger partial charge in [-0.25, -0.2) is 9.07 Å². The minimum Gasteiger partial charge on any atom is -0.491 e. The van der Waals surface area contributed by atoms with Crippen molar-refractivity contribution in [1.29, 1.82) is 0 Å². The highest BCUT2D eigenvalue weighted by molar-refractivity contribution is 5.69. The van der Waals surface area contributed by atoms with Gasteiger partial charge < -0.3 is 19.7 Å². The molecule has 2 aromatic heterocycles. The van der Waals surface area contributed by atoms with Crippen molar-refractivity contribution in [3.63, 3.8) is 0 Å². The van der Waals surface area contributed by atoms with Crippen molar-refractivity contribution in [1.82, 2.24) is 20.1 Å². The Labute approximate surface area is 187 Å². The van der Waals surface area contributed by atoms with Crippen LogP contribution in [0.15, 0.2) is 49.1 Å². The number of anilines is 1. The maximum Gasteiger partial charge on any atom is 0.150 e. The lowest BCUT2D eigenvalue weighted by molar-refractivity contribution is 0.122. The van der Waals surface area contributed by atoms with Gasteiger partial charge in [0.05, 0.1) is 32.2 Å². The molecule has 0 saturated carbocycles. The number of hydrogen-bond donors (Lipinski definition) is 1. The van der Waals surface area contributed by atoms with Crippen molar-refractivity contribution in [2.75, 3.05) is 50.9 Å². The molecule has 2 saturated heterocycles. The molecule has 4 heterocycles. The monoisotopic (exact) mass is 437 g/mol. The second-order valence-corrected chi connectivity index (χ2v) is 8.28. The molecule has 32 heavy (non-hydrogen) atoms. The van der Waals surface area contributed by atoms with Crippen LogP contribution in [0.1, 0.15) is 12.8 Å². The molecule has 1 aromatic carbocycles. The first-order valence-electron chi connectivity index (χ1n) is 11.2. The summed E-state index contributed by atoms with van der Waals surface area (Å²) in [6.45, 7) is 5.62. The molecule has 1 N–H and O–H groups in total. The van der Waals surface area contributed by atoms with Crippen molar-refractivity contribution in [2.45, 2.75) is 12.8 Å². The van der Waals surface area contributed by atoms with Gasteiger partial charge in [-0.15, -0.1) is 0 Å². The molecule has 2 fully saturated rings. The maximum absolute atomic E-state index is 14.9. The molecule has 0 atom stereocenters. The number of nitrogens with zero attached hydrogens (tertiary/aromatic N) is 4. The van der Waals surface area contributed by atoms with Crippen LogP contribution in [0.5, 0.6) is 5.75 Å². The first-order valence-corrected chi connectivity index (χ1v) is 11.2. The van der Waals surface area contributed by atoms with E-state index in [2.05, 4.69) is 20.3 Å². The molecule has 3 aromatic rings. The van der Waals surface area contributed by atoms with Gasteiger partial charge in [0.15, 0.2) is 5.82 Å². The smallest absolute Gasteiger partial charge is 0.150 e. The summed E-state index contributed by atoms with van der Waals surface area (Å²) in [7, 11) is 0. The van der Waals surface area contributed by atoms with Gasteiger partial charge in [-0.3, -0.25) is 4.98 Å². The summed E-state index contributed by atoms with van der Waals surface area (Å²) in [5, 5.41) is 7.79. The minimum atomic E-state index is -0.305. The average Bonchev–Trinajstić information content (AvgIpc) is 3.34. The predicted molar refractivity (Wildman–Crippen MR) is 121 cm³/mol. The second kappa shape index (κ2) is 9.67. The van der Waals surface area contributed by atoms with Crippen molar-refractivity contribution in [3.05, 3.63) is 54.9 Å². The Morgan fingerprint density at radius 3 is 2.78 bits per heavy atom. The lowest BCUT2D eigenvalue weighted by Crippen LogP contribution is -2.36. The SMILES string of the molecule is Fc1cc(N2CCOCC2)ccc1-n1cc(-c2ccncc2OCC2CCNCC2)cn1. The lowest BCUT2D eigenvalue weighted by Gasteiger charge is -2.29. The van der Waals surface area contributed by atoms with Crippen LogP contribution in [0.3, 0.4) is 0 Å². The van der Waals surface area contributed by atoms with E-state index >= 15 is 0 Å². The van der Waals surface area contributed by atoms with E-state index < -0.39 is 0 Å². The Bertz CT molecular complexity index is 1040. The van der Waals surface area contributed by atoms with Gasteiger partial charge in [0.1, 0.15) is 11.4 Å². The number of halogens is 1. The topological polar surface area (TPSA) is 64.4 Å². The first kappa shape index (κ1) is 20.9. The maximum atomic E-state index is 14.9. The molecule has 8 heteroatoms. The third-order valence-corrected chi connectivity index (χ3v) is 6.17. The number of morpholine rings is 1. The Morgan fingerprint density at radius 1 is 1.12 bits per heavy atom. The van der Waals surface area contributed by atoms with E-state index in [1.807, 2.05) is 18.3 Å². The van der Waals surface area contributed by atoms with E-state index in [-0.39, 0.29) is 5.82 Å². The molecular formula is C24H28FN5O2. The van der Waals surface area contributed by atoms with Gasteiger partial charge in [-0.2, -0.15) is 5.10 Å². The largest absolute Gasteiger partial charge is 0.491 e. The van der Waals surface area contributed by atoms with Crippen LogP contribution < -0.4 is 15.0 Å². The third kappa shape index (κ3) is 4.61. The number of ether oxygens (including phenoxy) is 2. The number of nitrogens with one attached hydrogen (secondary N) is 1. The van der Waals surface area contributed by atoms with Crippen LogP contribution >= 0.6 is 0 Å². The summed E-state index contributed by atoms with van der Waals surface area (Å²) in [5.74, 6) is 0.973. The van der Waals surface area contributed by atoms with E-state index in [1.165, 1.54) is 0 Å². The fourth-order valence-electron chi connectivity index (χ4n) is 4.28. The van der Waals surface area contributed by atoms with Gasteiger partial charge in [-0.05, 0) is 56.1 Å². The minimum absolute atomic E-state index is 0.305. The molecule has 5 rings (SSSR count). The molecule has 0 bridgehead atoms. The van der Waals surface area contributed by atoms with Crippen LogP contribution in [-0.4, -0.2) is 60.8 Å². The van der Waals surface area contributed by atoms with Gasteiger partial charge in [0.2, 0.25) is 0 Å². The average molecular weight is 438 g/mol. The first-order chi connectivity index (χ1) is 15.8. The zero-order valence-corrected chi connectivity index (χ0v) is 18.0. The Balaban J connectivity index is 1.34. The van der Waals surface area contributed by atoms with E-state index in [0.717, 1.165) is 61.6 Å². The fraction of sp³-hybridized carbons (Fsp3) is 0.417. The highest BCUT2D eigenvalue weighted by atomic mass is 19.1. The standard InChI is InChI=1S/C24H28FN5O2/c25-22-13-20(29-9-11-31-12-10-29)1-2-23(22)30-16-19(14-28-30)21-5-8-27-15-24(21)32-17-18-3-6-26-7-4-18/h1-2,5,8,13-16,18,26H,3-4,6-7,9-12,17H2. The van der Waals surface area contributed by atoms with Crippen LogP contribution in [0.4, 0.5) is 10.1 Å². The number of hydrogen-bond acceptors (Lipinski definition) is 6. The summed E-state index contributed by atoms with van der Waals surface area (Å²) >= 11 is 0. The molecule has 0 unspecified atom stereocenters. The molecule has 0 aliphatic carbocycles. The molecule has 2 aliphatic rings. The fourth-order valence-corrected chi connectivity index (χ4v) is 4.28. The van der Waals surface area contributed by atoms with E-state index in [0.29, 0.717) is 31.4 Å². The van der Waals surface area contributed by atoms with E-state index in [9.17, 15) is 4.39 Å². The summed E-state index contributed by atoms with van der Waals surface area (Å²) < 4.78 is 28.0. The van der Waals surface area contributed by atoms with Crippen molar-refractivity contribution < 1.29 is 13.9 Å².